The lowest BCUT2D eigenvalue weighted by molar-refractivity contribution is 0.0516. The van der Waals surface area contributed by atoms with Crippen LogP contribution in [0.4, 0.5) is 4.79 Å². The number of amides is 1. The van der Waals surface area contributed by atoms with Gasteiger partial charge in [-0.15, -0.1) is 6.42 Å². The number of ether oxygens (including phenoxy) is 3. The van der Waals surface area contributed by atoms with Gasteiger partial charge in [0, 0.05) is 12.0 Å². The van der Waals surface area contributed by atoms with Crippen molar-refractivity contribution in [3.05, 3.63) is 22.2 Å². The van der Waals surface area contributed by atoms with Gasteiger partial charge < -0.3 is 19.5 Å². The molecule has 0 radical (unpaired) electrons. The minimum Gasteiger partial charge on any atom is -0.496 e. The summed E-state index contributed by atoms with van der Waals surface area (Å²) in [6, 6.07) is 3.10. The highest BCUT2D eigenvalue weighted by Gasteiger charge is 2.20. The Balaban J connectivity index is 2.91. The number of hydrogen-bond acceptors (Lipinski definition) is 4. The molecule has 0 heterocycles. The first-order valence-electron chi connectivity index (χ1n) is 7.06. The molecule has 1 amide bonds. The topological polar surface area (TPSA) is 56.8 Å². The molecule has 1 aromatic rings. The maximum atomic E-state index is 11.9. The molecule has 5 nitrogen and oxygen atoms in total. The summed E-state index contributed by atoms with van der Waals surface area (Å²) in [7, 11) is 3.15. The summed E-state index contributed by atoms with van der Waals surface area (Å²) in [5.41, 5.74) is 0.244. The van der Waals surface area contributed by atoms with E-state index in [0.717, 1.165) is 10.0 Å². The van der Waals surface area contributed by atoms with Crippen LogP contribution in [0.25, 0.3) is 0 Å². The Hall–Kier alpha value is -1.87. The highest BCUT2D eigenvalue weighted by molar-refractivity contribution is 9.10. The number of halogens is 1. The summed E-state index contributed by atoms with van der Waals surface area (Å²) in [4.78, 5) is 11.9. The predicted octanol–water partition coefficient (Wildman–Crippen LogP) is 3.54. The van der Waals surface area contributed by atoms with Gasteiger partial charge >= 0.3 is 6.09 Å². The fraction of sp³-hybridized carbons (Fsp3) is 0.471. The van der Waals surface area contributed by atoms with E-state index in [9.17, 15) is 4.79 Å². The number of alkyl carbamates (subject to hydrolysis) is 1. The number of rotatable bonds is 5. The van der Waals surface area contributed by atoms with E-state index in [1.165, 1.54) is 0 Å². The van der Waals surface area contributed by atoms with Crippen LogP contribution in [0.2, 0.25) is 0 Å². The zero-order chi connectivity index (χ0) is 17.6. The molecule has 6 heteroatoms. The maximum Gasteiger partial charge on any atom is 0.408 e. The van der Waals surface area contributed by atoms with Crippen molar-refractivity contribution >= 4 is 22.0 Å². The standard InChI is InChI=1S/C17H22BrNO4/c1-7-12(19-16(20)23-17(2,3)4)8-11-9-15(22-6)13(18)10-14(11)21-5/h1,9-10,12H,8H2,2-6H3,(H,19,20). The summed E-state index contributed by atoms with van der Waals surface area (Å²) in [5, 5.41) is 2.67. The van der Waals surface area contributed by atoms with Gasteiger partial charge in [-0.1, -0.05) is 5.92 Å². The molecule has 0 aliphatic heterocycles. The Morgan fingerprint density at radius 1 is 1.30 bits per heavy atom. The molecular weight excluding hydrogens is 362 g/mol. The van der Waals surface area contributed by atoms with Crippen molar-refractivity contribution in [1.82, 2.24) is 5.32 Å². The van der Waals surface area contributed by atoms with Gasteiger partial charge in [-0.05, 0) is 48.8 Å². The Kier molecular flexibility index (Phi) is 6.77. The molecule has 1 atom stereocenters. The number of carbonyl (C=O) groups excluding carboxylic acids is 1. The van der Waals surface area contributed by atoms with Gasteiger partial charge in [0.05, 0.1) is 24.7 Å². The summed E-state index contributed by atoms with van der Waals surface area (Å²) in [6.45, 7) is 5.38. The van der Waals surface area contributed by atoms with Crippen molar-refractivity contribution in [2.45, 2.75) is 38.8 Å². The fourth-order valence-electron chi connectivity index (χ4n) is 1.90. The highest BCUT2D eigenvalue weighted by Crippen LogP contribution is 2.33. The van der Waals surface area contributed by atoms with Crippen molar-refractivity contribution in [2.75, 3.05) is 14.2 Å². The Morgan fingerprint density at radius 3 is 2.39 bits per heavy atom. The smallest absolute Gasteiger partial charge is 0.408 e. The summed E-state index contributed by atoms with van der Waals surface area (Å²) in [6.07, 6.45) is 5.36. The van der Waals surface area contributed by atoms with Crippen LogP contribution in [0.1, 0.15) is 26.3 Å². The summed E-state index contributed by atoms with van der Waals surface area (Å²) >= 11 is 3.40. The Morgan fingerprint density at radius 2 is 1.91 bits per heavy atom. The predicted molar refractivity (Wildman–Crippen MR) is 92.9 cm³/mol. The SMILES string of the molecule is C#CC(Cc1cc(OC)c(Br)cc1OC)NC(=O)OC(C)(C)C. The average Bonchev–Trinajstić information content (AvgIpc) is 2.45. The van der Waals surface area contributed by atoms with E-state index < -0.39 is 17.7 Å². The van der Waals surface area contributed by atoms with Gasteiger partial charge in [-0.2, -0.15) is 0 Å². The number of methoxy groups -OCH3 is 2. The van der Waals surface area contributed by atoms with Crippen LogP contribution in [-0.2, 0) is 11.2 Å². The molecule has 0 saturated heterocycles. The minimum atomic E-state index is -0.582. The number of nitrogens with one attached hydrogen (secondary N) is 1. The number of carbonyl (C=O) groups is 1. The van der Waals surface area contributed by atoms with E-state index >= 15 is 0 Å². The van der Waals surface area contributed by atoms with Crippen LogP contribution in [0, 0.1) is 12.3 Å². The molecule has 0 spiro atoms. The van der Waals surface area contributed by atoms with Gasteiger partial charge in [0.2, 0.25) is 0 Å². The second-order valence-electron chi connectivity index (χ2n) is 5.87. The van der Waals surface area contributed by atoms with E-state index in [1.54, 1.807) is 41.1 Å². The second kappa shape index (κ2) is 8.11. The van der Waals surface area contributed by atoms with Crippen molar-refractivity contribution in [1.29, 1.82) is 0 Å². The minimum absolute atomic E-state index is 0.391. The second-order valence-corrected chi connectivity index (χ2v) is 6.72. The van der Waals surface area contributed by atoms with Gasteiger partial charge in [-0.25, -0.2) is 4.79 Å². The summed E-state index contributed by atoms with van der Waals surface area (Å²) in [5.74, 6) is 3.87. The Labute approximate surface area is 145 Å². The normalized spacial score (nSPS) is 12.0. The summed E-state index contributed by atoms with van der Waals surface area (Å²) < 4.78 is 16.6. The molecule has 0 aliphatic rings. The van der Waals surface area contributed by atoms with Crippen molar-refractivity contribution in [2.24, 2.45) is 0 Å². The highest BCUT2D eigenvalue weighted by atomic mass is 79.9. The van der Waals surface area contributed by atoms with E-state index in [0.29, 0.717) is 17.9 Å². The van der Waals surface area contributed by atoms with Gasteiger partial charge in [0.1, 0.15) is 17.1 Å². The van der Waals surface area contributed by atoms with E-state index in [-0.39, 0.29) is 0 Å². The van der Waals surface area contributed by atoms with E-state index in [1.807, 2.05) is 6.07 Å². The first-order valence-corrected chi connectivity index (χ1v) is 7.85. The van der Waals surface area contributed by atoms with E-state index in [4.69, 9.17) is 20.6 Å². The molecule has 0 aliphatic carbocycles. The zero-order valence-corrected chi connectivity index (χ0v) is 15.6. The van der Waals surface area contributed by atoms with Crippen LogP contribution >= 0.6 is 15.9 Å². The van der Waals surface area contributed by atoms with Crippen molar-refractivity contribution < 1.29 is 19.0 Å². The van der Waals surface area contributed by atoms with Crippen molar-refractivity contribution in [3.63, 3.8) is 0 Å². The van der Waals surface area contributed by atoms with Crippen LogP contribution in [0.5, 0.6) is 11.5 Å². The van der Waals surface area contributed by atoms with Crippen LogP contribution < -0.4 is 14.8 Å². The van der Waals surface area contributed by atoms with E-state index in [2.05, 4.69) is 27.2 Å². The number of benzene rings is 1. The molecule has 1 unspecified atom stereocenters. The third-order valence-corrected chi connectivity index (χ3v) is 3.49. The fourth-order valence-corrected chi connectivity index (χ4v) is 2.39. The van der Waals surface area contributed by atoms with Crippen LogP contribution in [-0.4, -0.2) is 32.0 Å². The molecule has 0 aromatic heterocycles. The molecule has 23 heavy (non-hydrogen) atoms. The van der Waals surface area contributed by atoms with Gasteiger partial charge in [0.25, 0.3) is 0 Å². The quantitative estimate of drug-likeness (QED) is 0.790. The van der Waals surface area contributed by atoms with Crippen LogP contribution in [0.15, 0.2) is 16.6 Å². The van der Waals surface area contributed by atoms with Crippen molar-refractivity contribution in [3.8, 4) is 23.8 Å². The molecule has 1 rings (SSSR count). The first kappa shape index (κ1) is 19.2. The molecule has 1 N–H and O–H groups in total. The lowest BCUT2D eigenvalue weighted by Gasteiger charge is -2.22. The third-order valence-electron chi connectivity index (χ3n) is 2.87. The monoisotopic (exact) mass is 383 g/mol. The molecule has 0 saturated carbocycles. The Bertz CT molecular complexity index is 602. The lowest BCUT2D eigenvalue weighted by atomic mass is 10.0. The molecule has 0 fully saturated rings. The first-order chi connectivity index (χ1) is 10.7. The van der Waals surface area contributed by atoms with Gasteiger partial charge in [0.15, 0.2) is 0 Å². The largest absolute Gasteiger partial charge is 0.496 e. The van der Waals surface area contributed by atoms with Crippen LogP contribution in [0.3, 0.4) is 0 Å². The molecule has 0 bridgehead atoms. The lowest BCUT2D eigenvalue weighted by Crippen LogP contribution is -2.39. The molecule has 126 valence electrons. The number of terminal acetylenes is 1. The van der Waals surface area contributed by atoms with Gasteiger partial charge in [-0.3, -0.25) is 0 Å². The maximum absolute atomic E-state index is 11.9. The average molecular weight is 384 g/mol. The number of hydrogen-bond donors (Lipinski definition) is 1. The molecule has 1 aromatic carbocycles. The third kappa shape index (κ3) is 6.03. The zero-order valence-electron chi connectivity index (χ0n) is 14.0. The molecular formula is C17H22BrNO4.